The van der Waals surface area contributed by atoms with Crippen molar-refractivity contribution in [1.29, 1.82) is 10.5 Å². The first kappa shape index (κ1) is 13.1. The Morgan fingerprint density at radius 3 is 2.18 bits per heavy atom. The Kier molecular flexibility index (Phi) is 5.06. The average Bonchev–Trinajstić information content (AvgIpc) is 2.32. The zero-order chi connectivity index (χ0) is 12.7. The van der Waals surface area contributed by atoms with E-state index in [-0.39, 0.29) is 25.4 Å². The summed E-state index contributed by atoms with van der Waals surface area (Å²) in [6, 6.07) is 10.9. The van der Waals surface area contributed by atoms with E-state index in [4.69, 9.17) is 10.5 Å². The van der Waals surface area contributed by atoms with Crippen LogP contribution in [0.3, 0.4) is 0 Å². The molecule has 0 saturated heterocycles. The lowest BCUT2D eigenvalue weighted by Crippen LogP contribution is -2.33. The second-order valence-electron chi connectivity index (χ2n) is 3.41. The van der Waals surface area contributed by atoms with Crippen LogP contribution in [-0.2, 0) is 11.2 Å². The molecular formula is C12H11N3OS. The molecule has 0 bridgehead atoms. The molecule has 0 aliphatic heterocycles. The normalized spacial score (nSPS) is 9.12. The van der Waals surface area contributed by atoms with Crippen LogP contribution in [0.15, 0.2) is 29.2 Å². The number of rotatable bonds is 4. The van der Waals surface area contributed by atoms with Gasteiger partial charge in [0.25, 0.3) is 0 Å². The number of amides is 1. The number of hydrogen-bond acceptors (Lipinski definition) is 4. The molecule has 17 heavy (non-hydrogen) atoms. The summed E-state index contributed by atoms with van der Waals surface area (Å²) in [5, 5.41) is 17.1. The summed E-state index contributed by atoms with van der Waals surface area (Å²) < 4.78 is 0. The molecule has 0 atom stereocenters. The molecule has 0 unspecified atom stereocenters. The number of nitrogens with zero attached hydrogens (tertiary/aromatic N) is 3. The minimum Gasteiger partial charge on any atom is -0.316 e. The van der Waals surface area contributed by atoms with E-state index in [1.165, 1.54) is 4.90 Å². The predicted molar refractivity (Wildman–Crippen MR) is 65.2 cm³/mol. The molecule has 1 rings (SSSR count). The number of hydrogen-bond donors (Lipinski definition) is 1. The van der Waals surface area contributed by atoms with E-state index >= 15 is 0 Å². The van der Waals surface area contributed by atoms with Gasteiger partial charge in [-0.15, -0.1) is 12.6 Å². The van der Waals surface area contributed by atoms with Crippen LogP contribution in [0.4, 0.5) is 0 Å². The topological polar surface area (TPSA) is 67.9 Å². The van der Waals surface area contributed by atoms with Gasteiger partial charge in [-0.2, -0.15) is 10.5 Å². The smallest absolute Gasteiger partial charge is 0.228 e. The number of nitriles is 2. The first-order valence-electron chi connectivity index (χ1n) is 4.97. The van der Waals surface area contributed by atoms with Crippen molar-refractivity contribution in [2.24, 2.45) is 0 Å². The average molecular weight is 245 g/mol. The fourth-order valence-electron chi connectivity index (χ4n) is 1.30. The van der Waals surface area contributed by atoms with Gasteiger partial charge >= 0.3 is 0 Å². The van der Waals surface area contributed by atoms with E-state index in [1.54, 1.807) is 24.3 Å². The minimum atomic E-state index is -0.222. The maximum absolute atomic E-state index is 11.8. The number of thiol groups is 1. The quantitative estimate of drug-likeness (QED) is 0.644. The second kappa shape index (κ2) is 6.57. The molecule has 5 heteroatoms. The molecule has 0 radical (unpaired) electrons. The fraction of sp³-hybridized carbons (Fsp3) is 0.250. The van der Waals surface area contributed by atoms with Crippen molar-refractivity contribution in [3.05, 3.63) is 29.8 Å². The Bertz CT molecular complexity index is 454. The molecule has 4 nitrogen and oxygen atoms in total. The van der Waals surface area contributed by atoms with Crippen molar-refractivity contribution < 1.29 is 4.79 Å². The van der Waals surface area contributed by atoms with Crippen LogP contribution in [0.25, 0.3) is 0 Å². The highest BCUT2D eigenvalue weighted by Gasteiger charge is 2.12. The Morgan fingerprint density at radius 1 is 1.18 bits per heavy atom. The summed E-state index contributed by atoms with van der Waals surface area (Å²) in [5.41, 5.74) is 0.841. The Hall–Kier alpha value is -1.98. The molecular weight excluding hydrogens is 234 g/mol. The van der Waals surface area contributed by atoms with Gasteiger partial charge in [0, 0.05) is 4.90 Å². The Morgan fingerprint density at radius 2 is 1.71 bits per heavy atom. The molecule has 0 spiro atoms. The largest absolute Gasteiger partial charge is 0.316 e. The van der Waals surface area contributed by atoms with E-state index in [2.05, 4.69) is 12.6 Å². The van der Waals surface area contributed by atoms with Gasteiger partial charge in [-0.3, -0.25) is 4.79 Å². The highest BCUT2D eigenvalue weighted by Crippen LogP contribution is 2.09. The molecule has 1 amide bonds. The summed E-state index contributed by atoms with van der Waals surface area (Å²) in [7, 11) is 0. The standard InChI is InChI=1S/C12H11N3OS/c13-5-7-15(8-6-14)12(16)9-10-1-3-11(17)4-2-10/h1-4,17H,7-9H2. The van der Waals surface area contributed by atoms with Gasteiger partial charge in [0.1, 0.15) is 13.1 Å². The molecule has 0 aromatic heterocycles. The van der Waals surface area contributed by atoms with Gasteiger partial charge < -0.3 is 4.90 Å². The van der Waals surface area contributed by atoms with Gasteiger partial charge in [-0.1, -0.05) is 12.1 Å². The van der Waals surface area contributed by atoms with Gasteiger partial charge in [-0.25, -0.2) is 0 Å². The molecule has 1 aromatic rings. The highest BCUT2D eigenvalue weighted by atomic mass is 32.1. The van der Waals surface area contributed by atoms with E-state index in [0.29, 0.717) is 0 Å². The van der Waals surface area contributed by atoms with Crippen molar-refractivity contribution in [2.45, 2.75) is 11.3 Å². The van der Waals surface area contributed by atoms with Crippen LogP contribution in [0.5, 0.6) is 0 Å². The van der Waals surface area contributed by atoms with Gasteiger partial charge in [-0.05, 0) is 17.7 Å². The zero-order valence-electron chi connectivity index (χ0n) is 9.13. The summed E-state index contributed by atoms with van der Waals surface area (Å²) in [4.78, 5) is 13.8. The minimum absolute atomic E-state index is 0.0585. The third kappa shape index (κ3) is 4.18. The van der Waals surface area contributed by atoms with Crippen LogP contribution < -0.4 is 0 Å². The van der Waals surface area contributed by atoms with Crippen molar-refractivity contribution in [2.75, 3.05) is 13.1 Å². The van der Waals surface area contributed by atoms with Crippen LogP contribution in [0, 0.1) is 22.7 Å². The van der Waals surface area contributed by atoms with Crippen LogP contribution in [0.2, 0.25) is 0 Å². The highest BCUT2D eigenvalue weighted by molar-refractivity contribution is 7.80. The summed E-state index contributed by atoms with van der Waals surface area (Å²) in [5.74, 6) is -0.222. The molecule has 0 heterocycles. The van der Waals surface area contributed by atoms with Crippen molar-refractivity contribution in [1.82, 2.24) is 4.90 Å². The SMILES string of the molecule is N#CCN(CC#N)C(=O)Cc1ccc(S)cc1. The van der Waals surface area contributed by atoms with E-state index < -0.39 is 0 Å². The van der Waals surface area contributed by atoms with E-state index in [0.717, 1.165) is 10.5 Å². The molecule has 0 saturated carbocycles. The monoisotopic (exact) mass is 245 g/mol. The van der Waals surface area contributed by atoms with Crippen LogP contribution in [-0.4, -0.2) is 23.9 Å². The molecule has 0 fully saturated rings. The second-order valence-corrected chi connectivity index (χ2v) is 3.93. The zero-order valence-corrected chi connectivity index (χ0v) is 10.0. The van der Waals surface area contributed by atoms with Crippen LogP contribution in [0.1, 0.15) is 5.56 Å². The van der Waals surface area contributed by atoms with Crippen molar-refractivity contribution in [3.63, 3.8) is 0 Å². The van der Waals surface area contributed by atoms with Crippen molar-refractivity contribution >= 4 is 18.5 Å². The molecule has 86 valence electrons. The Labute approximate surface area is 105 Å². The Balaban J connectivity index is 2.67. The lowest BCUT2D eigenvalue weighted by Gasteiger charge is -2.15. The number of carbonyl (C=O) groups excluding carboxylic acids is 1. The van der Waals surface area contributed by atoms with E-state index in [1.807, 2.05) is 12.1 Å². The fourth-order valence-corrected chi connectivity index (χ4v) is 1.45. The van der Waals surface area contributed by atoms with Gasteiger partial charge in [0.2, 0.25) is 5.91 Å². The van der Waals surface area contributed by atoms with Gasteiger partial charge in [0.05, 0.1) is 18.6 Å². The maximum atomic E-state index is 11.8. The summed E-state index contributed by atoms with van der Waals surface area (Å²) >= 11 is 4.15. The van der Waals surface area contributed by atoms with E-state index in [9.17, 15) is 4.79 Å². The lowest BCUT2D eigenvalue weighted by atomic mass is 10.1. The lowest BCUT2D eigenvalue weighted by molar-refractivity contribution is -0.129. The molecule has 0 aliphatic carbocycles. The van der Waals surface area contributed by atoms with Crippen LogP contribution >= 0.6 is 12.6 Å². The molecule has 0 aliphatic rings. The van der Waals surface area contributed by atoms with Gasteiger partial charge in [0.15, 0.2) is 0 Å². The summed E-state index contributed by atoms with van der Waals surface area (Å²) in [6.07, 6.45) is 0.192. The third-order valence-electron chi connectivity index (χ3n) is 2.17. The first-order valence-corrected chi connectivity index (χ1v) is 5.41. The maximum Gasteiger partial charge on any atom is 0.228 e. The molecule has 0 N–H and O–H groups in total. The predicted octanol–water partition coefficient (Wildman–Crippen LogP) is 1.39. The summed E-state index contributed by atoms with van der Waals surface area (Å²) in [6.45, 7) is -0.117. The van der Waals surface area contributed by atoms with Crippen molar-refractivity contribution in [3.8, 4) is 12.1 Å². The first-order chi connectivity index (χ1) is 8.17. The number of carbonyl (C=O) groups is 1. The number of benzene rings is 1. The molecule has 1 aromatic carbocycles. The third-order valence-corrected chi connectivity index (χ3v) is 2.47.